The maximum absolute atomic E-state index is 5.80. The first-order valence-electron chi connectivity index (χ1n) is 7.08. The van der Waals surface area contributed by atoms with Crippen molar-refractivity contribution in [1.29, 1.82) is 0 Å². The number of aryl methyl sites for hydroxylation is 1. The molecule has 6 nitrogen and oxygen atoms in total. The van der Waals surface area contributed by atoms with Crippen LogP contribution in [0.25, 0.3) is 0 Å². The summed E-state index contributed by atoms with van der Waals surface area (Å²) in [7, 11) is 1.63. The van der Waals surface area contributed by atoms with Crippen LogP contribution in [-0.2, 0) is 19.6 Å². The molecular weight excluding hydrogens is 270 g/mol. The lowest BCUT2D eigenvalue weighted by atomic mass is 10.2. The second-order valence-corrected chi connectivity index (χ2v) is 4.50. The van der Waals surface area contributed by atoms with E-state index in [0.717, 1.165) is 36.6 Å². The summed E-state index contributed by atoms with van der Waals surface area (Å²) in [4.78, 5) is 4.23. The van der Waals surface area contributed by atoms with Crippen LogP contribution in [0.1, 0.15) is 31.1 Å². The van der Waals surface area contributed by atoms with Crippen molar-refractivity contribution in [3.8, 4) is 11.5 Å². The monoisotopic (exact) mass is 291 g/mol. The number of aromatic nitrogens is 2. The predicted molar refractivity (Wildman–Crippen MR) is 78.4 cm³/mol. The van der Waals surface area contributed by atoms with E-state index in [1.54, 1.807) is 7.11 Å². The van der Waals surface area contributed by atoms with E-state index in [-0.39, 0.29) is 6.61 Å². The highest BCUT2D eigenvalue weighted by Gasteiger charge is 2.09. The molecule has 1 heterocycles. The molecule has 0 amide bonds. The minimum absolute atomic E-state index is 0.249. The van der Waals surface area contributed by atoms with Gasteiger partial charge < -0.3 is 19.3 Å². The van der Waals surface area contributed by atoms with Crippen molar-refractivity contribution in [2.24, 2.45) is 0 Å². The molecule has 6 heteroatoms. The summed E-state index contributed by atoms with van der Waals surface area (Å²) in [5, 5.41) is 7.13. The molecule has 0 aliphatic rings. The third-order valence-electron chi connectivity index (χ3n) is 3.02. The number of rotatable bonds is 8. The van der Waals surface area contributed by atoms with Gasteiger partial charge in [0.25, 0.3) is 5.89 Å². The maximum atomic E-state index is 5.80. The van der Waals surface area contributed by atoms with Crippen LogP contribution >= 0.6 is 0 Å². The van der Waals surface area contributed by atoms with Crippen molar-refractivity contribution in [2.75, 3.05) is 13.7 Å². The fourth-order valence-corrected chi connectivity index (χ4v) is 1.83. The van der Waals surface area contributed by atoms with E-state index in [1.807, 2.05) is 25.1 Å². The summed E-state index contributed by atoms with van der Waals surface area (Å²) in [6, 6.07) is 5.77. The van der Waals surface area contributed by atoms with Gasteiger partial charge in [0.1, 0.15) is 11.5 Å². The van der Waals surface area contributed by atoms with Gasteiger partial charge in [-0.15, -0.1) is 0 Å². The van der Waals surface area contributed by atoms with Gasteiger partial charge in [0.15, 0.2) is 12.4 Å². The minimum atomic E-state index is 0.249. The molecule has 0 fully saturated rings. The molecule has 0 aliphatic carbocycles. The Labute approximate surface area is 124 Å². The zero-order valence-electron chi connectivity index (χ0n) is 12.7. The molecule has 0 unspecified atom stereocenters. The number of ether oxygens (including phenoxy) is 2. The summed E-state index contributed by atoms with van der Waals surface area (Å²) in [6.07, 6.45) is 0.744. The molecule has 0 radical (unpaired) electrons. The lowest BCUT2D eigenvalue weighted by molar-refractivity contribution is 0.239. The molecule has 2 rings (SSSR count). The first-order valence-corrected chi connectivity index (χ1v) is 7.08. The Morgan fingerprint density at radius 2 is 2.14 bits per heavy atom. The molecule has 1 N–H and O–H groups in total. The Balaban J connectivity index is 2.08. The Bertz CT molecular complexity index is 569. The molecule has 2 aromatic rings. The van der Waals surface area contributed by atoms with Crippen LogP contribution in [0.3, 0.4) is 0 Å². The van der Waals surface area contributed by atoms with Crippen molar-refractivity contribution in [2.45, 2.75) is 33.4 Å². The second kappa shape index (κ2) is 7.64. The largest absolute Gasteiger partial charge is 0.497 e. The summed E-state index contributed by atoms with van der Waals surface area (Å²) >= 11 is 0. The first-order chi connectivity index (χ1) is 10.3. The molecule has 0 aliphatic heterocycles. The van der Waals surface area contributed by atoms with Gasteiger partial charge in [-0.25, -0.2) is 0 Å². The van der Waals surface area contributed by atoms with Crippen molar-refractivity contribution < 1.29 is 14.0 Å². The van der Waals surface area contributed by atoms with Crippen LogP contribution in [0.2, 0.25) is 0 Å². The highest BCUT2D eigenvalue weighted by Crippen LogP contribution is 2.25. The van der Waals surface area contributed by atoms with Gasteiger partial charge in [0.05, 0.1) is 7.11 Å². The summed E-state index contributed by atoms with van der Waals surface area (Å²) in [5.74, 6) is 2.67. The summed E-state index contributed by atoms with van der Waals surface area (Å²) in [6.45, 7) is 5.93. The quantitative estimate of drug-likeness (QED) is 0.805. The van der Waals surface area contributed by atoms with Gasteiger partial charge in [-0.1, -0.05) is 25.1 Å². The average molecular weight is 291 g/mol. The molecular formula is C15H21N3O3. The van der Waals surface area contributed by atoms with E-state index in [2.05, 4.69) is 22.4 Å². The zero-order valence-corrected chi connectivity index (χ0v) is 12.7. The van der Waals surface area contributed by atoms with E-state index in [0.29, 0.717) is 11.7 Å². The van der Waals surface area contributed by atoms with E-state index in [4.69, 9.17) is 14.0 Å². The normalized spacial score (nSPS) is 10.6. The van der Waals surface area contributed by atoms with Crippen LogP contribution in [0.15, 0.2) is 22.7 Å². The molecule has 0 atom stereocenters. The number of methoxy groups -OCH3 is 1. The van der Waals surface area contributed by atoms with Gasteiger partial charge in [-0.2, -0.15) is 4.98 Å². The van der Waals surface area contributed by atoms with Crippen molar-refractivity contribution in [1.82, 2.24) is 15.5 Å². The standard InChI is InChI=1S/C15H21N3O3/c1-4-14-17-15(21-18-14)10-20-13-8-12(19-3)7-6-11(13)9-16-5-2/h6-8,16H,4-5,9-10H2,1-3H3. The van der Waals surface area contributed by atoms with E-state index in [1.165, 1.54) is 0 Å². The fourth-order valence-electron chi connectivity index (χ4n) is 1.83. The third kappa shape index (κ3) is 4.19. The highest BCUT2D eigenvalue weighted by atomic mass is 16.5. The highest BCUT2D eigenvalue weighted by molar-refractivity contribution is 5.40. The van der Waals surface area contributed by atoms with E-state index < -0.39 is 0 Å². The fraction of sp³-hybridized carbons (Fsp3) is 0.467. The van der Waals surface area contributed by atoms with Gasteiger partial charge in [0.2, 0.25) is 0 Å². The van der Waals surface area contributed by atoms with E-state index in [9.17, 15) is 0 Å². The van der Waals surface area contributed by atoms with Crippen LogP contribution in [0.5, 0.6) is 11.5 Å². The molecule has 0 spiro atoms. The van der Waals surface area contributed by atoms with Gasteiger partial charge in [0, 0.05) is 24.6 Å². The number of benzene rings is 1. The number of nitrogens with zero attached hydrogens (tertiary/aromatic N) is 2. The van der Waals surface area contributed by atoms with Crippen LogP contribution < -0.4 is 14.8 Å². The Kier molecular flexibility index (Phi) is 5.57. The first kappa shape index (κ1) is 15.3. The zero-order chi connectivity index (χ0) is 15.1. The molecule has 21 heavy (non-hydrogen) atoms. The van der Waals surface area contributed by atoms with Crippen LogP contribution in [-0.4, -0.2) is 23.8 Å². The molecule has 0 bridgehead atoms. The Morgan fingerprint density at radius 3 is 2.81 bits per heavy atom. The Hall–Kier alpha value is -2.08. The average Bonchev–Trinajstić information content (AvgIpc) is 2.99. The number of hydrogen-bond acceptors (Lipinski definition) is 6. The lowest BCUT2D eigenvalue weighted by Crippen LogP contribution is -2.13. The molecule has 114 valence electrons. The smallest absolute Gasteiger partial charge is 0.264 e. The van der Waals surface area contributed by atoms with E-state index >= 15 is 0 Å². The number of hydrogen-bond donors (Lipinski definition) is 1. The predicted octanol–water partition coefficient (Wildman–Crippen LogP) is 2.33. The molecule has 0 saturated heterocycles. The SMILES string of the molecule is CCNCc1ccc(OC)cc1OCc1nc(CC)no1. The van der Waals surface area contributed by atoms with Gasteiger partial charge >= 0.3 is 0 Å². The topological polar surface area (TPSA) is 69.4 Å². The van der Waals surface area contributed by atoms with Crippen LogP contribution in [0, 0.1) is 0 Å². The second-order valence-electron chi connectivity index (χ2n) is 4.50. The maximum Gasteiger partial charge on any atom is 0.264 e. The lowest BCUT2D eigenvalue weighted by Gasteiger charge is -2.12. The third-order valence-corrected chi connectivity index (χ3v) is 3.02. The van der Waals surface area contributed by atoms with Crippen molar-refractivity contribution in [3.63, 3.8) is 0 Å². The van der Waals surface area contributed by atoms with Crippen LogP contribution in [0.4, 0.5) is 0 Å². The summed E-state index contributed by atoms with van der Waals surface area (Å²) in [5.41, 5.74) is 1.06. The van der Waals surface area contributed by atoms with Crippen molar-refractivity contribution in [3.05, 3.63) is 35.5 Å². The minimum Gasteiger partial charge on any atom is -0.497 e. The molecule has 0 saturated carbocycles. The molecule has 1 aromatic heterocycles. The van der Waals surface area contributed by atoms with Gasteiger partial charge in [-0.05, 0) is 12.6 Å². The summed E-state index contributed by atoms with van der Waals surface area (Å²) < 4.78 is 16.2. The van der Waals surface area contributed by atoms with Crippen molar-refractivity contribution >= 4 is 0 Å². The molecule has 1 aromatic carbocycles. The Morgan fingerprint density at radius 1 is 1.29 bits per heavy atom. The number of nitrogens with one attached hydrogen (secondary N) is 1. The van der Waals surface area contributed by atoms with Gasteiger partial charge in [-0.3, -0.25) is 0 Å².